The molecule has 0 unspecified atom stereocenters. The molecule has 6 nitrogen and oxygen atoms in total. The van der Waals surface area contributed by atoms with Gasteiger partial charge in [0.05, 0.1) is 14.2 Å². The summed E-state index contributed by atoms with van der Waals surface area (Å²) >= 11 is 0. The fourth-order valence-electron chi connectivity index (χ4n) is 3.50. The lowest BCUT2D eigenvalue weighted by atomic mass is 10.1. The molecule has 1 aromatic heterocycles. The maximum Gasteiger partial charge on any atom is 0.247 e. The Morgan fingerprint density at radius 2 is 1.93 bits per heavy atom. The van der Waals surface area contributed by atoms with Gasteiger partial charge in [0.15, 0.2) is 0 Å². The van der Waals surface area contributed by atoms with Crippen LogP contribution < -0.4 is 9.47 Å². The third-order valence-corrected chi connectivity index (χ3v) is 6.76. The first kappa shape index (κ1) is 17.8. The van der Waals surface area contributed by atoms with Crippen molar-refractivity contribution in [3.8, 4) is 11.5 Å². The number of nitrogens with one attached hydrogen (secondary N) is 1. The molecule has 8 heteroatoms. The second-order valence-corrected chi connectivity index (χ2v) is 8.28. The summed E-state index contributed by atoms with van der Waals surface area (Å²) in [5.74, 6) is 0.379. The van der Waals surface area contributed by atoms with Gasteiger partial charge in [0.1, 0.15) is 22.2 Å². The zero-order valence-corrected chi connectivity index (χ0v) is 15.8. The highest BCUT2D eigenvalue weighted by Gasteiger charge is 2.32. The summed E-state index contributed by atoms with van der Waals surface area (Å²) < 4.78 is 51.9. The summed E-state index contributed by atoms with van der Waals surface area (Å²) in [5, 5.41) is 0.837. The van der Waals surface area contributed by atoms with E-state index >= 15 is 0 Å². The van der Waals surface area contributed by atoms with Crippen LogP contribution in [0.3, 0.4) is 0 Å². The molecule has 0 amide bonds. The van der Waals surface area contributed by atoms with Gasteiger partial charge in [-0.1, -0.05) is 0 Å². The van der Waals surface area contributed by atoms with E-state index in [4.69, 9.17) is 9.47 Å². The van der Waals surface area contributed by atoms with Gasteiger partial charge in [-0.2, -0.15) is 4.31 Å². The number of H-pyrrole nitrogens is 1. The standard InChI is InChI=1S/C19H19FN2O4S/c1-25-13-4-6-18(26-2)19(10-13)27(23,24)22-8-7-16-15(11-22)14-5-3-12(20)9-17(14)21-16/h3-6,9-10,21H,7-8,11H2,1-2H3. The van der Waals surface area contributed by atoms with Gasteiger partial charge < -0.3 is 14.5 Å². The first-order chi connectivity index (χ1) is 12.9. The van der Waals surface area contributed by atoms with Gasteiger partial charge in [0.25, 0.3) is 0 Å². The molecule has 3 aromatic rings. The number of aromatic nitrogens is 1. The molecule has 0 aliphatic carbocycles. The zero-order valence-electron chi connectivity index (χ0n) is 15.0. The van der Waals surface area contributed by atoms with Crippen LogP contribution in [-0.4, -0.2) is 38.5 Å². The summed E-state index contributed by atoms with van der Waals surface area (Å²) in [5.41, 5.74) is 2.50. The van der Waals surface area contributed by atoms with Crippen LogP contribution in [0.25, 0.3) is 10.9 Å². The number of methoxy groups -OCH3 is 2. The highest BCUT2D eigenvalue weighted by atomic mass is 32.2. The zero-order chi connectivity index (χ0) is 19.2. The SMILES string of the molecule is COc1ccc(OC)c(S(=O)(=O)N2CCc3[nH]c4cc(F)ccc4c3C2)c1. The molecule has 0 radical (unpaired) electrons. The van der Waals surface area contributed by atoms with Crippen molar-refractivity contribution in [1.82, 2.24) is 9.29 Å². The largest absolute Gasteiger partial charge is 0.497 e. The summed E-state index contributed by atoms with van der Waals surface area (Å²) in [7, 11) is -0.878. The van der Waals surface area contributed by atoms with Crippen molar-refractivity contribution in [2.45, 2.75) is 17.9 Å². The predicted molar refractivity (Wildman–Crippen MR) is 99.1 cm³/mol. The maximum absolute atomic E-state index is 13.5. The maximum atomic E-state index is 13.5. The van der Waals surface area contributed by atoms with Gasteiger partial charge in [-0.3, -0.25) is 0 Å². The van der Waals surface area contributed by atoms with E-state index in [0.29, 0.717) is 24.2 Å². The van der Waals surface area contributed by atoms with E-state index in [0.717, 1.165) is 16.6 Å². The molecule has 0 saturated carbocycles. The Labute approximate surface area is 156 Å². The van der Waals surface area contributed by atoms with Crippen molar-refractivity contribution >= 4 is 20.9 Å². The molecule has 2 heterocycles. The van der Waals surface area contributed by atoms with E-state index in [9.17, 15) is 12.8 Å². The van der Waals surface area contributed by atoms with Crippen molar-refractivity contribution < 1.29 is 22.3 Å². The average Bonchev–Trinajstić information content (AvgIpc) is 3.03. The Morgan fingerprint density at radius 1 is 1.11 bits per heavy atom. The third-order valence-electron chi connectivity index (χ3n) is 4.89. The molecular formula is C19H19FN2O4S. The lowest BCUT2D eigenvalue weighted by Crippen LogP contribution is -2.36. The first-order valence-electron chi connectivity index (χ1n) is 8.45. The fraction of sp³-hybridized carbons (Fsp3) is 0.263. The Balaban J connectivity index is 1.76. The predicted octanol–water partition coefficient (Wildman–Crippen LogP) is 3.07. The molecule has 0 saturated heterocycles. The van der Waals surface area contributed by atoms with E-state index in [1.54, 1.807) is 18.2 Å². The van der Waals surface area contributed by atoms with Gasteiger partial charge in [-0.05, 0) is 35.9 Å². The minimum atomic E-state index is -3.79. The van der Waals surface area contributed by atoms with Gasteiger partial charge in [0.2, 0.25) is 10.0 Å². The summed E-state index contributed by atoms with van der Waals surface area (Å²) in [4.78, 5) is 3.27. The number of nitrogens with zero attached hydrogens (tertiary/aromatic N) is 1. The highest BCUT2D eigenvalue weighted by Crippen LogP contribution is 2.35. The van der Waals surface area contributed by atoms with Crippen LogP contribution in [0.2, 0.25) is 0 Å². The molecule has 142 valence electrons. The molecule has 0 atom stereocenters. The Hall–Kier alpha value is -2.58. The van der Waals surface area contributed by atoms with Crippen LogP contribution >= 0.6 is 0 Å². The van der Waals surface area contributed by atoms with Crippen LogP contribution in [-0.2, 0) is 23.0 Å². The molecule has 2 aromatic carbocycles. The van der Waals surface area contributed by atoms with Crippen molar-refractivity contribution in [2.75, 3.05) is 20.8 Å². The number of benzene rings is 2. The Kier molecular flexibility index (Phi) is 4.32. The second-order valence-electron chi connectivity index (χ2n) is 6.38. The van der Waals surface area contributed by atoms with Crippen molar-refractivity contribution in [3.05, 3.63) is 53.5 Å². The number of hydrogen-bond acceptors (Lipinski definition) is 4. The van der Waals surface area contributed by atoms with Crippen LogP contribution in [0.5, 0.6) is 11.5 Å². The molecule has 4 rings (SSSR count). The third kappa shape index (κ3) is 2.94. The summed E-state index contributed by atoms with van der Waals surface area (Å²) in [6, 6.07) is 9.19. The fourth-order valence-corrected chi connectivity index (χ4v) is 5.08. The molecular weight excluding hydrogens is 371 g/mol. The normalized spacial score (nSPS) is 14.9. The monoisotopic (exact) mass is 390 g/mol. The quantitative estimate of drug-likeness (QED) is 0.743. The van der Waals surface area contributed by atoms with Crippen molar-refractivity contribution in [3.63, 3.8) is 0 Å². The van der Waals surface area contributed by atoms with E-state index < -0.39 is 10.0 Å². The van der Waals surface area contributed by atoms with Crippen LogP contribution in [0.1, 0.15) is 11.3 Å². The molecule has 1 aliphatic heterocycles. The lowest BCUT2D eigenvalue weighted by molar-refractivity contribution is 0.373. The lowest BCUT2D eigenvalue weighted by Gasteiger charge is -2.27. The number of fused-ring (bicyclic) bond motifs is 3. The van der Waals surface area contributed by atoms with E-state index in [-0.39, 0.29) is 23.0 Å². The number of ether oxygens (including phenoxy) is 2. The Morgan fingerprint density at radius 3 is 2.67 bits per heavy atom. The van der Waals surface area contributed by atoms with Gasteiger partial charge >= 0.3 is 0 Å². The number of halogens is 1. The number of hydrogen-bond donors (Lipinski definition) is 1. The highest BCUT2D eigenvalue weighted by molar-refractivity contribution is 7.89. The van der Waals surface area contributed by atoms with Crippen LogP contribution in [0, 0.1) is 5.82 Å². The van der Waals surface area contributed by atoms with E-state index in [1.807, 2.05) is 0 Å². The van der Waals surface area contributed by atoms with Crippen molar-refractivity contribution in [1.29, 1.82) is 0 Å². The summed E-state index contributed by atoms with van der Waals surface area (Å²) in [6.07, 6.45) is 0.525. The molecule has 27 heavy (non-hydrogen) atoms. The second kappa shape index (κ2) is 6.54. The van der Waals surface area contributed by atoms with Gasteiger partial charge in [-0.25, -0.2) is 12.8 Å². The smallest absolute Gasteiger partial charge is 0.247 e. The Bertz CT molecular complexity index is 1120. The number of sulfonamides is 1. The number of rotatable bonds is 4. The molecule has 0 spiro atoms. The van der Waals surface area contributed by atoms with Crippen LogP contribution in [0.4, 0.5) is 4.39 Å². The minimum absolute atomic E-state index is 0.0682. The van der Waals surface area contributed by atoms with Crippen LogP contribution in [0.15, 0.2) is 41.3 Å². The number of aromatic amines is 1. The molecule has 0 bridgehead atoms. The van der Waals surface area contributed by atoms with E-state index in [2.05, 4.69) is 4.98 Å². The van der Waals surface area contributed by atoms with Crippen molar-refractivity contribution in [2.24, 2.45) is 0 Å². The molecule has 1 aliphatic rings. The average molecular weight is 390 g/mol. The first-order valence-corrected chi connectivity index (χ1v) is 9.89. The summed E-state index contributed by atoms with van der Waals surface area (Å²) in [6.45, 7) is 0.536. The van der Waals surface area contributed by atoms with E-state index in [1.165, 1.54) is 36.7 Å². The van der Waals surface area contributed by atoms with Gasteiger partial charge in [0, 0.05) is 42.2 Å². The molecule has 0 fully saturated rings. The van der Waals surface area contributed by atoms with Gasteiger partial charge in [-0.15, -0.1) is 0 Å². The topological polar surface area (TPSA) is 71.6 Å². The minimum Gasteiger partial charge on any atom is -0.497 e. The molecule has 1 N–H and O–H groups in total.